The second-order valence-electron chi connectivity index (χ2n) is 3.67. The number of halogens is 3. The van der Waals surface area contributed by atoms with Gasteiger partial charge in [-0.15, -0.1) is 0 Å². The maximum absolute atomic E-state index is 12.0. The number of benzene rings is 1. The van der Waals surface area contributed by atoms with Crippen molar-refractivity contribution in [2.75, 3.05) is 12.0 Å². The largest absolute Gasteiger partial charge is 0.405 e. The first-order chi connectivity index (χ1) is 9.85. The Labute approximate surface area is 117 Å². The minimum absolute atomic E-state index is 0.0186. The summed E-state index contributed by atoms with van der Waals surface area (Å²) in [6.45, 7) is -1.44. The molecule has 0 aliphatic rings. The Hall–Kier alpha value is -3.07. The molecule has 6 nitrogen and oxygen atoms in total. The number of nitrogens with one attached hydrogen (secondary N) is 2. The van der Waals surface area contributed by atoms with Gasteiger partial charge in [-0.3, -0.25) is 10.2 Å². The Kier molecular flexibility index (Phi) is 5.26. The number of hydrazone groups is 1. The van der Waals surface area contributed by atoms with Crippen LogP contribution in [0.4, 0.5) is 18.9 Å². The molecule has 0 aliphatic heterocycles. The number of nitriles is 2. The molecule has 0 heterocycles. The van der Waals surface area contributed by atoms with Crippen LogP contribution in [0, 0.1) is 22.7 Å². The van der Waals surface area contributed by atoms with Gasteiger partial charge in [0.25, 0.3) is 5.91 Å². The van der Waals surface area contributed by atoms with Crippen molar-refractivity contribution in [1.82, 2.24) is 5.32 Å². The maximum Gasteiger partial charge on any atom is 0.405 e. The summed E-state index contributed by atoms with van der Waals surface area (Å²) < 4.78 is 36.0. The fraction of sp³-hybridized carbons (Fsp3) is 0.167. The average Bonchev–Trinajstić information content (AvgIpc) is 2.45. The number of amides is 1. The molecule has 0 bridgehead atoms. The van der Waals surface area contributed by atoms with E-state index in [0.717, 1.165) is 0 Å². The number of nitrogens with zero attached hydrogens (tertiary/aromatic N) is 3. The topological polar surface area (TPSA) is 101 Å². The highest BCUT2D eigenvalue weighted by Gasteiger charge is 2.27. The molecule has 0 saturated heterocycles. The minimum atomic E-state index is -4.50. The van der Waals surface area contributed by atoms with Gasteiger partial charge in [0.2, 0.25) is 5.71 Å². The lowest BCUT2D eigenvalue weighted by molar-refractivity contribution is -0.123. The van der Waals surface area contributed by atoms with Crippen molar-refractivity contribution < 1.29 is 18.0 Å². The Morgan fingerprint density at radius 2 is 1.95 bits per heavy atom. The highest BCUT2D eigenvalue weighted by molar-refractivity contribution is 6.10. The van der Waals surface area contributed by atoms with E-state index in [9.17, 15) is 18.0 Å². The molecule has 108 valence electrons. The van der Waals surface area contributed by atoms with Crippen molar-refractivity contribution in [1.29, 1.82) is 10.5 Å². The van der Waals surface area contributed by atoms with Crippen molar-refractivity contribution in [3.63, 3.8) is 0 Å². The molecule has 0 spiro atoms. The number of rotatable bonds is 4. The van der Waals surface area contributed by atoms with Gasteiger partial charge in [-0.2, -0.15) is 28.8 Å². The van der Waals surface area contributed by atoms with Crippen LogP contribution in [0.1, 0.15) is 10.4 Å². The van der Waals surface area contributed by atoms with Gasteiger partial charge >= 0.3 is 6.18 Å². The van der Waals surface area contributed by atoms with Crippen LogP contribution in [0.15, 0.2) is 29.4 Å². The first-order valence-electron chi connectivity index (χ1n) is 5.44. The van der Waals surface area contributed by atoms with Gasteiger partial charge in [0.1, 0.15) is 18.7 Å². The molecule has 0 aromatic heterocycles. The summed E-state index contributed by atoms with van der Waals surface area (Å²) in [6, 6.07) is 8.47. The van der Waals surface area contributed by atoms with Gasteiger partial charge < -0.3 is 5.32 Å². The Balaban J connectivity index is 2.77. The lowest BCUT2D eigenvalue weighted by Gasteiger charge is -2.09. The van der Waals surface area contributed by atoms with Gasteiger partial charge in [0.15, 0.2) is 0 Å². The number of carbonyl (C=O) groups is 1. The maximum atomic E-state index is 12.0. The van der Waals surface area contributed by atoms with E-state index in [1.54, 1.807) is 5.32 Å². The van der Waals surface area contributed by atoms with Crippen LogP contribution in [0.2, 0.25) is 0 Å². The highest BCUT2D eigenvalue weighted by Crippen LogP contribution is 2.14. The van der Waals surface area contributed by atoms with Crippen molar-refractivity contribution in [2.45, 2.75) is 6.18 Å². The smallest absolute Gasteiger partial charge is 0.343 e. The van der Waals surface area contributed by atoms with E-state index in [1.165, 1.54) is 36.4 Å². The summed E-state index contributed by atoms with van der Waals surface area (Å²) in [7, 11) is 0. The van der Waals surface area contributed by atoms with Gasteiger partial charge in [0, 0.05) is 5.56 Å². The third kappa shape index (κ3) is 5.61. The molecule has 0 atom stereocenters. The van der Waals surface area contributed by atoms with Crippen LogP contribution >= 0.6 is 0 Å². The molecule has 1 aromatic rings. The van der Waals surface area contributed by atoms with Crippen molar-refractivity contribution in [2.24, 2.45) is 5.10 Å². The number of anilines is 1. The van der Waals surface area contributed by atoms with Gasteiger partial charge in [0.05, 0.1) is 5.69 Å². The highest BCUT2D eigenvalue weighted by atomic mass is 19.4. The molecule has 0 saturated carbocycles. The van der Waals surface area contributed by atoms with E-state index >= 15 is 0 Å². The van der Waals surface area contributed by atoms with E-state index in [-0.39, 0.29) is 11.3 Å². The van der Waals surface area contributed by atoms with E-state index < -0.39 is 24.3 Å². The summed E-state index contributed by atoms with van der Waals surface area (Å²) in [5.41, 5.74) is 2.16. The number of hydrogen-bond acceptors (Lipinski definition) is 5. The third-order valence-electron chi connectivity index (χ3n) is 2.08. The van der Waals surface area contributed by atoms with Crippen LogP contribution in [-0.2, 0) is 0 Å². The molecule has 9 heteroatoms. The number of alkyl halides is 3. The lowest BCUT2D eigenvalue weighted by atomic mass is 10.2. The second kappa shape index (κ2) is 6.91. The molecule has 0 aliphatic carbocycles. The van der Waals surface area contributed by atoms with Crippen LogP contribution < -0.4 is 10.7 Å². The third-order valence-corrected chi connectivity index (χ3v) is 2.08. The van der Waals surface area contributed by atoms with Crippen molar-refractivity contribution in [3.05, 3.63) is 29.8 Å². The van der Waals surface area contributed by atoms with Gasteiger partial charge in [-0.1, -0.05) is 6.07 Å². The lowest BCUT2D eigenvalue weighted by Crippen LogP contribution is -2.33. The number of carbonyl (C=O) groups excluding carboxylic acids is 1. The molecule has 1 rings (SSSR count). The van der Waals surface area contributed by atoms with E-state index in [0.29, 0.717) is 0 Å². The normalized spacial score (nSPS) is 9.95. The van der Waals surface area contributed by atoms with Gasteiger partial charge in [-0.25, -0.2) is 0 Å². The Morgan fingerprint density at radius 3 is 2.52 bits per heavy atom. The molecule has 2 N–H and O–H groups in total. The standard InChI is InChI=1S/C12H8F3N5O/c13-12(14,15)7-18-11(21)8-2-1-3-9(4-8)19-20-10(5-16)6-17/h1-4,19H,7H2,(H,18,21). The van der Waals surface area contributed by atoms with Crippen LogP contribution in [0.5, 0.6) is 0 Å². The first kappa shape index (κ1) is 16.0. The SMILES string of the molecule is N#CC(C#N)=NNc1cccc(C(=O)NCC(F)(F)F)c1. The molecular formula is C12H8F3N5O. The fourth-order valence-electron chi connectivity index (χ4n) is 1.21. The molecule has 1 amide bonds. The summed E-state index contributed by atoms with van der Waals surface area (Å²) in [5.74, 6) is -0.902. The van der Waals surface area contributed by atoms with Crippen LogP contribution in [0.25, 0.3) is 0 Å². The monoisotopic (exact) mass is 295 g/mol. The van der Waals surface area contributed by atoms with E-state index in [4.69, 9.17) is 10.5 Å². The molecule has 0 radical (unpaired) electrons. The average molecular weight is 295 g/mol. The quantitative estimate of drug-likeness (QED) is 0.653. The predicted octanol–water partition coefficient (Wildman–Crippen LogP) is 1.79. The van der Waals surface area contributed by atoms with Crippen LogP contribution in [-0.4, -0.2) is 24.3 Å². The van der Waals surface area contributed by atoms with Crippen molar-refractivity contribution in [3.8, 4) is 12.1 Å². The molecule has 0 fully saturated rings. The number of hydrogen-bond donors (Lipinski definition) is 2. The zero-order chi connectivity index (χ0) is 15.9. The zero-order valence-electron chi connectivity index (χ0n) is 10.4. The molecule has 0 unspecified atom stereocenters. The van der Waals surface area contributed by atoms with Gasteiger partial charge in [-0.05, 0) is 18.2 Å². The first-order valence-corrected chi connectivity index (χ1v) is 5.44. The predicted molar refractivity (Wildman–Crippen MR) is 67.1 cm³/mol. The molecule has 21 heavy (non-hydrogen) atoms. The van der Waals surface area contributed by atoms with Crippen LogP contribution in [0.3, 0.4) is 0 Å². The summed E-state index contributed by atoms with van der Waals surface area (Å²) in [5, 5.41) is 22.1. The Bertz CT molecular complexity index is 624. The summed E-state index contributed by atoms with van der Waals surface area (Å²) in [4.78, 5) is 11.5. The fourth-order valence-corrected chi connectivity index (χ4v) is 1.21. The minimum Gasteiger partial charge on any atom is -0.343 e. The molecular weight excluding hydrogens is 287 g/mol. The molecule has 1 aromatic carbocycles. The summed E-state index contributed by atoms with van der Waals surface area (Å²) >= 11 is 0. The second-order valence-corrected chi connectivity index (χ2v) is 3.67. The van der Waals surface area contributed by atoms with E-state index in [1.807, 2.05) is 0 Å². The Morgan fingerprint density at radius 1 is 1.29 bits per heavy atom. The zero-order valence-corrected chi connectivity index (χ0v) is 10.4. The van der Waals surface area contributed by atoms with Crippen molar-refractivity contribution >= 4 is 17.3 Å². The summed E-state index contributed by atoms with van der Waals surface area (Å²) in [6.07, 6.45) is -4.50. The van der Waals surface area contributed by atoms with E-state index in [2.05, 4.69) is 10.5 Å².